The summed E-state index contributed by atoms with van der Waals surface area (Å²) >= 11 is 0.975. The Bertz CT molecular complexity index is 1600. The fourth-order valence-electron chi connectivity index (χ4n) is 4.21. The molecule has 4 aromatic rings. The second-order valence-corrected chi connectivity index (χ2v) is 9.49. The number of ether oxygens (including phenoxy) is 4. The Kier molecular flexibility index (Phi) is 10.9. The Labute approximate surface area is 262 Å². The quantitative estimate of drug-likeness (QED) is 0.145. The van der Waals surface area contributed by atoms with Crippen molar-refractivity contribution >= 4 is 40.1 Å². The van der Waals surface area contributed by atoms with E-state index in [0.717, 1.165) is 17.8 Å². The number of carboxylic acids is 1. The van der Waals surface area contributed by atoms with Crippen LogP contribution >= 0.6 is 11.7 Å². The van der Waals surface area contributed by atoms with Gasteiger partial charge in [-0.25, -0.2) is 4.39 Å². The first kappa shape index (κ1) is 32.0. The molecule has 0 atom stereocenters. The van der Waals surface area contributed by atoms with E-state index in [0.29, 0.717) is 33.8 Å². The van der Waals surface area contributed by atoms with E-state index >= 15 is 0 Å². The summed E-state index contributed by atoms with van der Waals surface area (Å²) in [6.45, 7) is 3.70. The summed E-state index contributed by atoms with van der Waals surface area (Å²) in [5.41, 5.74) is 1.13. The maximum Gasteiger partial charge on any atom is 1.00 e. The monoisotopic (exact) mass is 588 g/mol. The van der Waals surface area contributed by atoms with Crippen molar-refractivity contribution in [3.63, 3.8) is 0 Å². The molecule has 9 nitrogen and oxygen atoms in total. The van der Waals surface area contributed by atoms with Gasteiger partial charge in [-0.15, -0.1) is 0 Å². The minimum Gasteiger partial charge on any atom is -0.545 e. The van der Waals surface area contributed by atoms with E-state index in [9.17, 15) is 19.1 Å². The molecular weight excluding hydrogens is 562 g/mol. The van der Waals surface area contributed by atoms with Crippen molar-refractivity contribution < 1.29 is 67.6 Å². The number of methoxy groups -OCH3 is 3. The van der Waals surface area contributed by atoms with Crippen LogP contribution in [0.3, 0.4) is 0 Å². The van der Waals surface area contributed by atoms with Gasteiger partial charge in [0.25, 0.3) is 0 Å². The summed E-state index contributed by atoms with van der Waals surface area (Å²) in [6.07, 6.45) is -0.367. The number of hydrogen-bond donors (Lipinski definition) is 0. The topological polar surface area (TPSA) is 120 Å². The number of benzene rings is 3. The number of Topliss-reactive ketones (excluding diaryl/α,β-unsaturated/α-hetero) is 1. The number of aromatic nitrogens is 2. The first-order chi connectivity index (χ1) is 19.2. The smallest absolute Gasteiger partial charge is 0.545 e. The molecule has 0 spiro atoms. The van der Waals surface area contributed by atoms with Crippen LogP contribution in [-0.2, 0) is 11.2 Å². The zero-order chi connectivity index (χ0) is 29.0. The van der Waals surface area contributed by atoms with Crippen LogP contribution in [0, 0.1) is 5.82 Å². The number of carboxylic acid groups (broad SMARTS) is 1. The Hall–Kier alpha value is -3.51. The molecule has 0 aliphatic heterocycles. The van der Waals surface area contributed by atoms with Crippen molar-refractivity contribution in [2.45, 2.75) is 26.4 Å². The number of carbonyl (C=O) groups excluding carboxylic acids is 2. The van der Waals surface area contributed by atoms with Crippen LogP contribution in [0.2, 0.25) is 0 Å². The Balaban J connectivity index is 0.00000462. The van der Waals surface area contributed by atoms with Gasteiger partial charge in [0.15, 0.2) is 28.8 Å². The second kappa shape index (κ2) is 13.9. The molecule has 0 aliphatic carbocycles. The minimum atomic E-state index is -1.58. The number of ketones is 1. The molecule has 1 heterocycles. The summed E-state index contributed by atoms with van der Waals surface area (Å²) in [5, 5.41) is 12.6. The number of carbonyl (C=O) groups is 2. The number of hydrogen-bond acceptors (Lipinski definition) is 10. The molecule has 208 valence electrons. The van der Waals surface area contributed by atoms with Crippen molar-refractivity contribution in [3.05, 3.63) is 76.6 Å². The van der Waals surface area contributed by atoms with Gasteiger partial charge in [0.2, 0.25) is 5.75 Å². The summed E-state index contributed by atoms with van der Waals surface area (Å²) in [4.78, 5) is 26.5. The van der Waals surface area contributed by atoms with Gasteiger partial charge in [-0.3, -0.25) is 4.79 Å². The van der Waals surface area contributed by atoms with Crippen LogP contribution in [0.1, 0.15) is 35.3 Å². The predicted octanol–water partition coefficient (Wildman–Crippen LogP) is 1.28. The zero-order valence-corrected chi connectivity index (χ0v) is 26.3. The maximum absolute atomic E-state index is 14.6. The van der Waals surface area contributed by atoms with E-state index in [4.69, 9.17) is 18.9 Å². The standard InChI is InChI=1S/C29H27FN2O7S.Na/c1-15(2)39-28-24(37-4)11-16(12-25(28)38-5)10-19(27(33)18-7-9-23(36-3)20(30)13-18)26(29(34)35)17-6-8-21-22(14-17)32-40-31-21;/h6-9,11-15H,10H2,1-5H3,(H,34,35);/q;+1/p-1. The Morgan fingerprint density at radius 3 is 2.05 bits per heavy atom. The van der Waals surface area contributed by atoms with Gasteiger partial charge >= 0.3 is 29.6 Å². The molecule has 0 aliphatic rings. The molecule has 0 fully saturated rings. The first-order valence-corrected chi connectivity index (χ1v) is 12.9. The van der Waals surface area contributed by atoms with Gasteiger partial charge < -0.3 is 28.8 Å². The van der Waals surface area contributed by atoms with Crippen LogP contribution in [0.5, 0.6) is 23.0 Å². The average Bonchev–Trinajstić information content (AvgIpc) is 3.40. The van der Waals surface area contributed by atoms with E-state index in [1.54, 1.807) is 18.2 Å². The fourth-order valence-corrected chi connectivity index (χ4v) is 4.73. The third kappa shape index (κ3) is 7.05. The molecule has 3 aromatic carbocycles. The van der Waals surface area contributed by atoms with Gasteiger partial charge in [-0.2, -0.15) is 8.75 Å². The van der Waals surface area contributed by atoms with Crippen LogP contribution in [-0.4, -0.2) is 47.9 Å². The number of nitrogens with zero attached hydrogens (tertiary/aromatic N) is 2. The Morgan fingerprint density at radius 2 is 1.49 bits per heavy atom. The molecule has 1 aromatic heterocycles. The number of halogens is 1. The third-order valence-corrected chi connectivity index (χ3v) is 6.55. The summed E-state index contributed by atoms with van der Waals surface area (Å²) in [6, 6.07) is 11.6. The second-order valence-electron chi connectivity index (χ2n) is 8.96. The summed E-state index contributed by atoms with van der Waals surface area (Å²) < 4.78 is 44.8. The van der Waals surface area contributed by atoms with Gasteiger partial charge in [-0.05, 0) is 67.4 Å². The van der Waals surface area contributed by atoms with Crippen molar-refractivity contribution in [2.75, 3.05) is 21.3 Å². The van der Waals surface area contributed by atoms with Crippen molar-refractivity contribution in [2.24, 2.45) is 0 Å². The van der Waals surface area contributed by atoms with Crippen LogP contribution < -0.4 is 53.6 Å². The van der Waals surface area contributed by atoms with Crippen LogP contribution in [0.25, 0.3) is 16.6 Å². The molecule has 0 saturated heterocycles. The normalized spacial score (nSPS) is 11.5. The maximum atomic E-state index is 14.6. The van der Waals surface area contributed by atoms with E-state index in [1.165, 1.54) is 45.6 Å². The predicted molar refractivity (Wildman–Crippen MR) is 146 cm³/mol. The van der Waals surface area contributed by atoms with E-state index in [-0.39, 0.29) is 70.1 Å². The van der Waals surface area contributed by atoms with Crippen molar-refractivity contribution in [1.29, 1.82) is 0 Å². The number of allylic oxidation sites excluding steroid dienone is 1. The summed E-state index contributed by atoms with van der Waals surface area (Å²) in [5.74, 6) is -2.10. The van der Waals surface area contributed by atoms with Crippen LogP contribution in [0.15, 0.2) is 54.1 Å². The number of aliphatic carboxylic acids is 1. The van der Waals surface area contributed by atoms with Gasteiger partial charge in [0, 0.05) is 23.1 Å². The SMILES string of the molecule is COc1ccc(C(=O)C(Cc2cc(OC)c(OC(C)C)c(OC)c2)=C(C(=O)[O-])c2ccc3nsnc3c2)cc1F.[Na+]. The van der Waals surface area contributed by atoms with E-state index < -0.39 is 17.6 Å². The van der Waals surface area contributed by atoms with Crippen molar-refractivity contribution in [3.8, 4) is 23.0 Å². The van der Waals surface area contributed by atoms with E-state index in [1.807, 2.05) is 13.8 Å². The molecule has 0 unspecified atom stereocenters. The largest absolute Gasteiger partial charge is 1.00 e. The van der Waals surface area contributed by atoms with Gasteiger partial charge in [-0.1, -0.05) is 6.07 Å². The molecule has 41 heavy (non-hydrogen) atoms. The van der Waals surface area contributed by atoms with Crippen molar-refractivity contribution in [1.82, 2.24) is 8.75 Å². The van der Waals surface area contributed by atoms with Gasteiger partial charge in [0.1, 0.15) is 11.0 Å². The Morgan fingerprint density at radius 1 is 0.878 bits per heavy atom. The third-order valence-electron chi connectivity index (χ3n) is 5.99. The first-order valence-electron chi connectivity index (χ1n) is 12.1. The molecule has 4 rings (SSSR count). The fraction of sp³-hybridized carbons (Fsp3) is 0.241. The number of rotatable bonds is 11. The molecule has 0 radical (unpaired) electrons. The van der Waals surface area contributed by atoms with E-state index in [2.05, 4.69) is 8.75 Å². The molecule has 0 bridgehead atoms. The molecular formula is C29H26FN2NaO7S. The van der Waals surface area contributed by atoms with Crippen LogP contribution in [0.4, 0.5) is 4.39 Å². The molecule has 12 heteroatoms. The molecule has 0 amide bonds. The van der Waals surface area contributed by atoms with Gasteiger partial charge in [0.05, 0.1) is 45.1 Å². The number of fused-ring (bicyclic) bond motifs is 1. The average molecular weight is 589 g/mol. The molecule has 0 N–H and O–H groups in total. The minimum absolute atomic E-state index is 0. The summed E-state index contributed by atoms with van der Waals surface area (Å²) in [7, 11) is 4.21. The zero-order valence-electron chi connectivity index (χ0n) is 23.4. The molecule has 0 saturated carbocycles.